The van der Waals surface area contributed by atoms with Gasteiger partial charge in [0.1, 0.15) is 0 Å². The first kappa shape index (κ1) is 45.1. The van der Waals surface area contributed by atoms with Gasteiger partial charge in [-0.1, -0.05) is 157 Å². The third-order valence-corrected chi connectivity index (χ3v) is 11.0. The molecule has 0 spiro atoms. The molecular formula is C48H70N2O6. The molecule has 3 N–H and O–H groups in total. The van der Waals surface area contributed by atoms with E-state index in [2.05, 4.69) is 66.5 Å². The Kier molecular flexibility index (Phi) is 21.3. The van der Waals surface area contributed by atoms with E-state index in [1.807, 2.05) is 30.3 Å². The minimum Gasteiger partial charge on any atom is -0.481 e. The Hall–Kier alpha value is -3.56. The number of carbonyl (C=O) groups is 2. The predicted octanol–water partition coefficient (Wildman–Crippen LogP) is 11.1. The maximum absolute atomic E-state index is 12.6. The van der Waals surface area contributed by atoms with Crippen molar-refractivity contribution in [3.8, 4) is 11.1 Å². The zero-order valence-electron chi connectivity index (χ0n) is 34.4. The van der Waals surface area contributed by atoms with Crippen LogP contribution in [0.3, 0.4) is 0 Å². The van der Waals surface area contributed by atoms with E-state index in [-0.39, 0.29) is 31.1 Å². The van der Waals surface area contributed by atoms with Crippen LogP contribution < -0.4 is 5.32 Å². The summed E-state index contributed by atoms with van der Waals surface area (Å²) in [5.74, 6) is -0.819. The Morgan fingerprint density at radius 3 is 1.93 bits per heavy atom. The van der Waals surface area contributed by atoms with E-state index in [9.17, 15) is 14.7 Å². The molecule has 1 aliphatic heterocycles. The normalized spacial score (nSPS) is 17.0. The van der Waals surface area contributed by atoms with Gasteiger partial charge in [-0.3, -0.25) is 9.59 Å². The lowest BCUT2D eigenvalue weighted by molar-refractivity contribution is -0.253. The first-order chi connectivity index (χ1) is 27.4. The van der Waals surface area contributed by atoms with Crippen LogP contribution in [0.4, 0.5) is 0 Å². The lowest BCUT2D eigenvalue weighted by atomic mass is 9.97. The maximum Gasteiger partial charge on any atom is 0.303 e. The third-order valence-electron chi connectivity index (χ3n) is 11.0. The summed E-state index contributed by atoms with van der Waals surface area (Å²) in [4.78, 5) is 26.0. The van der Waals surface area contributed by atoms with Gasteiger partial charge in [0.15, 0.2) is 6.29 Å². The molecule has 0 unspecified atom stereocenters. The summed E-state index contributed by atoms with van der Waals surface area (Å²) < 4.78 is 13.6. The van der Waals surface area contributed by atoms with E-state index in [0.717, 1.165) is 65.9 Å². The summed E-state index contributed by atoms with van der Waals surface area (Å²) in [6, 6.07) is 24.7. The molecule has 0 bridgehead atoms. The van der Waals surface area contributed by atoms with Crippen LogP contribution in [0, 0.1) is 0 Å². The Morgan fingerprint density at radius 1 is 0.696 bits per heavy atom. The van der Waals surface area contributed by atoms with Crippen molar-refractivity contribution in [2.24, 2.45) is 0 Å². The van der Waals surface area contributed by atoms with Crippen LogP contribution in [0.25, 0.3) is 11.1 Å². The van der Waals surface area contributed by atoms with E-state index in [0.29, 0.717) is 25.8 Å². The number of ether oxygens (including phenoxy) is 2. The van der Waals surface area contributed by atoms with Crippen molar-refractivity contribution in [1.82, 2.24) is 10.2 Å². The highest BCUT2D eigenvalue weighted by molar-refractivity contribution is 5.76. The van der Waals surface area contributed by atoms with Gasteiger partial charge in [-0.25, -0.2) is 0 Å². The summed E-state index contributed by atoms with van der Waals surface area (Å²) >= 11 is 0. The lowest BCUT2D eigenvalue weighted by Gasteiger charge is -2.38. The number of hydrogen-bond donors (Lipinski definition) is 3. The van der Waals surface area contributed by atoms with Crippen molar-refractivity contribution in [3.63, 3.8) is 0 Å². The van der Waals surface area contributed by atoms with E-state index < -0.39 is 12.3 Å². The summed E-state index contributed by atoms with van der Waals surface area (Å²) in [5.41, 5.74) is 6.12. The largest absolute Gasteiger partial charge is 0.481 e. The fraction of sp³-hybridized carbons (Fsp3) is 0.583. The van der Waals surface area contributed by atoms with Crippen molar-refractivity contribution in [2.45, 2.75) is 161 Å². The molecule has 1 amide bonds. The van der Waals surface area contributed by atoms with E-state index in [1.54, 1.807) is 0 Å². The number of hydrogen-bond acceptors (Lipinski definition) is 6. The Balaban J connectivity index is 1.44. The molecule has 308 valence electrons. The first-order valence-corrected chi connectivity index (χ1v) is 21.8. The highest BCUT2D eigenvalue weighted by Crippen LogP contribution is 2.39. The minimum absolute atomic E-state index is 0.0117. The van der Waals surface area contributed by atoms with Crippen molar-refractivity contribution in [3.05, 3.63) is 95.1 Å². The van der Waals surface area contributed by atoms with Crippen LogP contribution in [0.1, 0.15) is 164 Å². The molecule has 1 saturated heterocycles. The van der Waals surface area contributed by atoms with Gasteiger partial charge in [0.25, 0.3) is 0 Å². The van der Waals surface area contributed by atoms with Gasteiger partial charge < -0.3 is 29.9 Å². The zero-order valence-corrected chi connectivity index (χ0v) is 34.4. The molecule has 3 atom stereocenters. The van der Waals surface area contributed by atoms with Crippen molar-refractivity contribution in [2.75, 3.05) is 19.6 Å². The number of rotatable bonds is 28. The molecular weight excluding hydrogens is 701 g/mol. The average molecular weight is 771 g/mol. The van der Waals surface area contributed by atoms with Gasteiger partial charge in [-0.2, -0.15) is 0 Å². The quantitative estimate of drug-likeness (QED) is 0.0631. The lowest BCUT2D eigenvalue weighted by Crippen LogP contribution is -2.40. The predicted molar refractivity (Wildman–Crippen MR) is 226 cm³/mol. The smallest absolute Gasteiger partial charge is 0.303 e. The van der Waals surface area contributed by atoms with Crippen LogP contribution in [0.15, 0.2) is 72.8 Å². The van der Waals surface area contributed by atoms with Crippen LogP contribution >= 0.6 is 0 Å². The number of aliphatic carboxylic acids is 1. The van der Waals surface area contributed by atoms with Gasteiger partial charge in [0.05, 0.1) is 18.8 Å². The molecule has 1 fully saturated rings. The molecule has 3 aromatic carbocycles. The number of nitrogens with zero attached hydrogens (tertiary/aromatic N) is 1. The molecule has 0 aromatic heterocycles. The molecule has 0 radical (unpaired) electrons. The van der Waals surface area contributed by atoms with Gasteiger partial charge in [0.2, 0.25) is 5.91 Å². The number of amides is 1. The zero-order chi connectivity index (χ0) is 39.8. The number of carboxylic acid groups (broad SMARTS) is 1. The SMILES string of the molecule is CCCCCCCCN(CCCCCCCC)C[C@@H]1C[C@H](c2ccc(CO)cc2)O[C@H](c2ccc(-c3ccccc3CNC(=O)CCCCCC(=O)O)cc2)O1. The maximum atomic E-state index is 12.6. The second kappa shape index (κ2) is 26.4. The molecule has 0 saturated carbocycles. The third kappa shape index (κ3) is 16.5. The molecule has 1 aliphatic rings. The van der Waals surface area contributed by atoms with Gasteiger partial charge in [-0.05, 0) is 66.6 Å². The number of nitrogens with one attached hydrogen (secondary N) is 1. The summed E-state index contributed by atoms with van der Waals surface area (Å²) in [5, 5.41) is 21.6. The summed E-state index contributed by atoms with van der Waals surface area (Å²) in [6.45, 7) is 8.07. The van der Waals surface area contributed by atoms with E-state index in [4.69, 9.17) is 14.6 Å². The van der Waals surface area contributed by atoms with Crippen molar-refractivity contribution >= 4 is 11.9 Å². The summed E-state index contributed by atoms with van der Waals surface area (Å²) in [6.07, 6.45) is 18.2. The number of aliphatic hydroxyl groups is 1. The van der Waals surface area contributed by atoms with Gasteiger partial charge in [-0.15, -0.1) is 0 Å². The molecule has 3 aromatic rings. The molecule has 1 heterocycles. The second-order valence-corrected chi connectivity index (χ2v) is 15.7. The van der Waals surface area contributed by atoms with Gasteiger partial charge in [0, 0.05) is 37.9 Å². The number of unbranched alkanes of at least 4 members (excludes halogenated alkanes) is 12. The second-order valence-electron chi connectivity index (χ2n) is 15.7. The highest BCUT2D eigenvalue weighted by Gasteiger charge is 2.33. The molecule has 56 heavy (non-hydrogen) atoms. The number of carbonyl (C=O) groups excluding carboxylic acids is 1. The topological polar surface area (TPSA) is 108 Å². The Bertz CT molecular complexity index is 1510. The van der Waals surface area contributed by atoms with Crippen molar-refractivity contribution in [1.29, 1.82) is 0 Å². The Morgan fingerprint density at radius 2 is 1.29 bits per heavy atom. The van der Waals surface area contributed by atoms with Gasteiger partial charge >= 0.3 is 5.97 Å². The summed E-state index contributed by atoms with van der Waals surface area (Å²) in [7, 11) is 0. The molecule has 0 aliphatic carbocycles. The first-order valence-electron chi connectivity index (χ1n) is 21.8. The highest BCUT2D eigenvalue weighted by atomic mass is 16.7. The standard InChI is InChI=1S/C48H70N2O6/c1-3-5-7-9-11-18-32-50(33-19-12-10-8-6-4-2)36-43-34-45(40-26-24-38(37-51)25-27-40)56-48(55-43)41-30-28-39(29-31-41)44-21-17-16-20-42(44)35-49-46(52)22-14-13-15-23-47(53)54/h16-17,20-21,24-31,43,45,48,51H,3-15,18-19,22-23,32-37H2,1-2H3,(H,49,52)(H,53,54)/t43-,45+,48+/m0/s1. The van der Waals surface area contributed by atoms with Crippen LogP contribution in [0.2, 0.25) is 0 Å². The Labute approximate surface area is 337 Å². The molecule has 4 rings (SSSR count). The molecule has 8 heteroatoms. The fourth-order valence-electron chi connectivity index (χ4n) is 7.64. The van der Waals surface area contributed by atoms with E-state index in [1.165, 1.54) is 77.0 Å². The fourth-order valence-corrected chi connectivity index (χ4v) is 7.64. The van der Waals surface area contributed by atoms with Crippen LogP contribution in [-0.4, -0.2) is 52.7 Å². The number of carboxylic acids is 1. The monoisotopic (exact) mass is 771 g/mol. The van der Waals surface area contributed by atoms with E-state index >= 15 is 0 Å². The minimum atomic E-state index is -0.795. The molecule has 8 nitrogen and oxygen atoms in total. The number of aliphatic hydroxyl groups excluding tert-OH is 1. The average Bonchev–Trinajstić information content (AvgIpc) is 3.22. The van der Waals surface area contributed by atoms with Crippen LogP contribution in [-0.2, 0) is 32.2 Å². The number of benzene rings is 3. The van der Waals surface area contributed by atoms with Crippen molar-refractivity contribution < 1.29 is 29.3 Å². The van der Waals surface area contributed by atoms with Crippen LogP contribution in [0.5, 0.6) is 0 Å².